The Morgan fingerprint density at radius 1 is 1.67 bits per heavy atom. The first-order chi connectivity index (χ1) is 7.34. The summed E-state index contributed by atoms with van der Waals surface area (Å²) in [5, 5.41) is 9.66. The van der Waals surface area contributed by atoms with E-state index in [9.17, 15) is 4.79 Å². The highest BCUT2D eigenvalue weighted by Gasteiger charge is 2.19. The second kappa shape index (κ2) is 4.88. The monoisotopic (exact) mass is 210 g/mol. The predicted octanol–water partition coefficient (Wildman–Crippen LogP) is -0.520. The van der Waals surface area contributed by atoms with Crippen LogP contribution < -0.4 is 10.6 Å². The van der Waals surface area contributed by atoms with Crippen molar-refractivity contribution in [3.63, 3.8) is 0 Å². The van der Waals surface area contributed by atoms with Crippen molar-refractivity contribution in [2.75, 3.05) is 13.1 Å². The van der Waals surface area contributed by atoms with Crippen molar-refractivity contribution >= 4 is 5.91 Å². The summed E-state index contributed by atoms with van der Waals surface area (Å²) in [5.41, 5.74) is 0. The molecule has 1 unspecified atom stereocenters. The number of nitrogens with zero attached hydrogens (tertiary/aromatic N) is 2. The van der Waals surface area contributed by atoms with Crippen LogP contribution in [0.2, 0.25) is 0 Å². The Bertz CT molecular complexity index is 312. The Morgan fingerprint density at radius 3 is 3.27 bits per heavy atom. The fourth-order valence-corrected chi connectivity index (χ4v) is 1.61. The summed E-state index contributed by atoms with van der Waals surface area (Å²) >= 11 is 0. The molecule has 2 N–H and O–H groups in total. The summed E-state index contributed by atoms with van der Waals surface area (Å²) in [5.74, 6) is 0.789. The van der Waals surface area contributed by atoms with Gasteiger partial charge in [0.05, 0.1) is 0 Å². The molecule has 6 nitrogen and oxygen atoms in total. The first kappa shape index (κ1) is 10.1. The van der Waals surface area contributed by atoms with E-state index in [1.165, 1.54) is 6.33 Å². The molecule has 0 spiro atoms. The van der Waals surface area contributed by atoms with Gasteiger partial charge in [-0.3, -0.25) is 4.79 Å². The van der Waals surface area contributed by atoms with Crippen LogP contribution in [0.25, 0.3) is 0 Å². The standard InChI is InChI=1S/C9H14N4O2/c14-8-2-1-7(13-8)5-10-4-3-9-11-6-12-15-9/h6-7,10H,1-5H2,(H,13,14). The summed E-state index contributed by atoms with van der Waals surface area (Å²) in [4.78, 5) is 14.8. The first-order valence-corrected chi connectivity index (χ1v) is 5.10. The number of hydrogen-bond donors (Lipinski definition) is 2. The van der Waals surface area contributed by atoms with Gasteiger partial charge in [0, 0.05) is 32.0 Å². The van der Waals surface area contributed by atoms with Gasteiger partial charge in [-0.1, -0.05) is 5.16 Å². The topological polar surface area (TPSA) is 80.1 Å². The molecule has 1 amide bonds. The lowest BCUT2D eigenvalue weighted by Gasteiger charge is -2.09. The van der Waals surface area contributed by atoms with Crippen molar-refractivity contribution < 1.29 is 9.32 Å². The van der Waals surface area contributed by atoms with E-state index in [-0.39, 0.29) is 11.9 Å². The second-order valence-corrected chi connectivity index (χ2v) is 3.59. The number of rotatable bonds is 5. The van der Waals surface area contributed by atoms with Crippen molar-refractivity contribution in [3.05, 3.63) is 12.2 Å². The SMILES string of the molecule is O=C1CCC(CNCCc2ncno2)N1. The highest BCUT2D eigenvalue weighted by Crippen LogP contribution is 2.04. The third kappa shape index (κ3) is 3.02. The van der Waals surface area contributed by atoms with Gasteiger partial charge >= 0.3 is 0 Å². The Morgan fingerprint density at radius 2 is 2.60 bits per heavy atom. The molecule has 1 saturated heterocycles. The lowest BCUT2D eigenvalue weighted by atomic mass is 10.2. The normalized spacial score (nSPS) is 20.5. The molecular weight excluding hydrogens is 196 g/mol. The van der Waals surface area contributed by atoms with Gasteiger partial charge in [0.25, 0.3) is 0 Å². The Hall–Kier alpha value is -1.43. The van der Waals surface area contributed by atoms with E-state index in [0.29, 0.717) is 12.3 Å². The molecule has 6 heteroatoms. The largest absolute Gasteiger partial charge is 0.352 e. The van der Waals surface area contributed by atoms with E-state index in [1.54, 1.807) is 0 Å². The number of hydrogen-bond acceptors (Lipinski definition) is 5. The van der Waals surface area contributed by atoms with Gasteiger partial charge < -0.3 is 15.2 Å². The molecule has 0 bridgehead atoms. The zero-order chi connectivity index (χ0) is 10.5. The van der Waals surface area contributed by atoms with Gasteiger partial charge in [-0.15, -0.1) is 0 Å². The molecule has 2 rings (SSSR count). The second-order valence-electron chi connectivity index (χ2n) is 3.59. The third-order valence-corrected chi connectivity index (χ3v) is 2.40. The Kier molecular flexibility index (Phi) is 3.29. The van der Waals surface area contributed by atoms with Gasteiger partial charge in [0.15, 0.2) is 6.33 Å². The van der Waals surface area contributed by atoms with Crippen LogP contribution in [0.1, 0.15) is 18.7 Å². The Balaban J connectivity index is 1.57. The van der Waals surface area contributed by atoms with Crippen LogP contribution in [0.4, 0.5) is 0 Å². The summed E-state index contributed by atoms with van der Waals surface area (Å²) in [7, 11) is 0. The van der Waals surface area contributed by atoms with Gasteiger partial charge in [-0.25, -0.2) is 0 Å². The van der Waals surface area contributed by atoms with E-state index in [0.717, 1.165) is 25.9 Å². The summed E-state index contributed by atoms with van der Waals surface area (Å²) in [6.07, 6.45) is 3.69. The van der Waals surface area contributed by atoms with Gasteiger partial charge in [0.2, 0.25) is 11.8 Å². The third-order valence-electron chi connectivity index (χ3n) is 2.40. The molecule has 82 valence electrons. The van der Waals surface area contributed by atoms with Crippen molar-refractivity contribution in [2.45, 2.75) is 25.3 Å². The number of carbonyl (C=O) groups excluding carboxylic acids is 1. The summed E-state index contributed by atoms with van der Waals surface area (Å²) < 4.78 is 4.85. The van der Waals surface area contributed by atoms with Crippen LogP contribution in [-0.2, 0) is 11.2 Å². The summed E-state index contributed by atoms with van der Waals surface area (Å²) in [6.45, 7) is 1.59. The molecular formula is C9H14N4O2. The molecule has 15 heavy (non-hydrogen) atoms. The molecule has 2 heterocycles. The van der Waals surface area contributed by atoms with Crippen molar-refractivity contribution in [1.29, 1.82) is 0 Å². The zero-order valence-corrected chi connectivity index (χ0v) is 8.40. The highest BCUT2D eigenvalue weighted by molar-refractivity contribution is 5.78. The minimum Gasteiger partial charge on any atom is -0.352 e. The molecule has 1 aromatic rings. The number of carbonyl (C=O) groups is 1. The van der Waals surface area contributed by atoms with E-state index < -0.39 is 0 Å². The van der Waals surface area contributed by atoms with Crippen LogP contribution in [0.5, 0.6) is 0 Å². The number of amides is 1. The predicted molar refractivity (Wildman–Crippen MR) is 52.0 cm³/mol. The molecule has 1 aliphatic rings. The van der Waals surface area contributed by atoms with Crippen LogP contribution in [0.3, 0.4) is 0 Å². The number of aromatic nitrogens is 2. The van der Waals surface area contributed by atoms with Crippen molar-refractivity contribution in [1.82, 2.24) is 20.8 Å². The van der Waals surface area contributed by atoms with E-state index >= 15 is 0 Å². The summed E-state index contributed by atoms with van der Waals surface area (Å²) in [6, 6.07) is 0.278. The maximum Gasteiger partial charge on any atom is 0.227 e. The molecule has 0 saturated carbocycles. The molecule has 1 fully saturated rings. The Labute approximate surface area is 87.4 Å². The average Bonchev–Trinajstić information content (AvgIpc) is 2.84. The van der Waals surface area contributed by atoms with E-state index in [4.69, 9.17) is 4.52 Å². The average molecular weight is 210 g/mol. The highest BCUT2D eigenvalue weighted by atomic mass is 16.5. The quantitative estimate of drug-likeness (QED) is 0.639. The maximum atomic E-state index is 10.9. The van der Waals surface area contributed by atoms with Gasteiger partial charge in [-0.2, -0.15) is 4.98 Å². The molecule has 0 aliphatic carbocycles. The fraction of sp³-hybridized carbons (Fsp3) is 0.667. The van der Waals surface area contributed by atoms with Crippen LogP contribution >= 0.6 is 0 Å². The van der Waals surface area contributed by atoms with Crippen LogP contribution in [-0.4, -0.2) is 35.2 Å². The van der Waals surface area contributed by atoms with Crippen molar-refractivity contribution in [3.8, 4) is 0 Å². The van der Waals surface area contributed by atoms with Gasteiger partial charge in [0.1, 0.15) is 0 Å². The lowest BCUT2D eigenvalue weighted by Crippen LogP contribution is -2.36. The molecule has 1 atom stereocenters. The first-order valence-electron chi connectivity index (χ1n) is 5.10. The molecule has 1 aliphatic heterocycles. The van der Waals surface area contributed by atoms with E-state index in [1.807, 2.05) is 0 Å². The minimum absolute atomic E-state index is 0.152. The molecule has 0 radical (unpaired) electrons. The molecule has 1 aromatic heterocycles. The van der Waals surface area contributed by atoms with Crippen LogP contribution in [0, 0.1) is 0 Å². The zero-order valence-electron chi connectivity index (χ0n) is 8.40. The maximum absolute atomic E-state index is 10.9. The lowest BCUT2D eigenvalue weighted by molar-refractivity contribution is -0.119. The fourth-order valence-electron chi connectivity index (χ4n) is 1.61. The van der Waals surface area contributed by atoms with Crippen molar-refractivity contribution in [2.24, 2.45) is 0 Å². The van der Waals surface area contributed by atoms with Crippen LogP contribution in [0.15, 0.2) is 10.9 Å². The molecule has 0 aromatic carbocycles. The van der Waals surface area contributed by atoms with E-state index in [2.05, 4.69) is 20.8 Å². The smallest absolute Gasteiger partial charge is 0.227 e. The van der Waals surface area contributed by atoms with Gasteiger partial charge in [-0.05, 0) is 6.42 Å². The number of nitrogens with one attached hydrogen (secondary N) is 2. The minimum atomic E-state index is 0.152.